The molecule has 6 nitrogen and oxygen atoms in total. The van der Waals surface area contributed by atoms with Crippen molar-refractivity contribution in [2.45, 2.75) is 12.8 Å². The van der Waals surface area contributed by atoms with Gasteiger partial charge in [0.05, 0.1) is 5.69 Å². The summed E-state index contributed by atoms with van der Waals surface area (Å²) in [6.45, 7) is 1.57. The van der Waals surface area contributed by atoms with Crippen molar-refractivity contribution in [2.75, 3.05) is 18.9 Å². The minimum Gasteiger partial charge on any atom is -0.506 e. The Morgan fingerprint density at radius 2 is 2.32 bits per heavy atom. The van der Waals surface area contributed by atoms with Crippen molar-refractivity contribution >= 4 is 5.69 Å². The Balaban J connectivity index is 1.78. The zero-order chi connectivity index (χ0) is 13.2. The zero-order valence-corrected chi connectivity index (χ0v) is 10.4. The molecule has 1 aliphatic heterocycles. The highest BCUT2D eigenvalue weighted by atomic mass is 16.5. The van der Waals surface area contributed by atoms with Crippen LogP contribution in [0.4, 0.5) is 5.69 Å². The number of rotatable bonds is 3. The first-order chi connectivity index (χ1) is 9.22. The van der Waals surface area contributed by atoms with Gasteiger partial charge in [-0.2, -0.15) is 4.98 Å². The fourth-order valence-corrected chi connectivity index (χ4v) is 2.14. The van der Waals surface area contributed by atoms with Crippen LogP contribution in [-0.2, 0) is 11.2 Å². The number of phenolic OH excluding ortho intramolecular Hbond substituents is 1. The smallest absolute Gasteiger partial charge is 0.257 e. The van der Waals surface area contributed by atoms with Gasteiger partial charge in [0.25, 0.3) is 5.89 Å². The number of nitrogen functional groups attached to an aromatic ring is 1. The molecule has 0 spiro atoms. The van der Waals surface area contributed by atoms with Gasteiger partial charge in [-0.15, -0.1) is 0 Å². The molecule has 1 aliphatic rings. The molecule has 2 heterocycles. The van der Waals surface area contributed by atoms with Crippen LogP contribution in [0.5, 0.6) is 5.75 Å². The van der Waals surface area contributed by atoms with E-state index in [-0.39, 0.29) is 5.75 Å². The Bertz CT molecular complexity index is 576. The summed E-state index contributed by atoms with van der Waals surface area (Å²) in [5.74, 6) is 1.61. The van der Waals surface area contributed by atoms with Crippen molar-refractivity contribution in [3.8, 4) is 17.2 Å². The van der Waals surface area contributed by atoms with Crippen molar-refractivity contribution in [1.29, 1.82) is 0 Å². The molecular weight excluding hydrogens is 246 g/mol. The Morgan fingerprint density at radius 3 is 3.05 bits per heavy atom. The second-order valence-corrected chi connectivity index (χ2v) is 4.72. The Kier molecular flexibility index (Phi) is 3.08. The summed E-state index contributed by atoms with van der Waals surface area (Å²) >= 11 is 0. The van der Waals surface area contributed by atoms with E-state index in [4.69, 9.17) is 15.0 Å². The molecule has 3 N–H and O–H groups in total. The number of nitrogens with two attached hydrogens (primary N) is 1. The lowest BCUT2D eigenvalue weighted by Crippen LogP contribution is -2.04. The highest BCUT2D eigenvalue weighted by Crippen LogP contribution is 2.27. The van der Waals surface area contributed by atoms with Gasteiger partial charge in [0.15, 0.2) is 5.82 Å². The molecule has 0 aliphatic carbocycles. The summed E-state index contributed by atoms with van der Waals surface area (Å²) < 4.78 is 10.5. The maximum Gasteiger partial charge on any atom is 0.257 e. The van der Waals surface area contributed by atoms with E-state index in [1.54, 1.807) is 12.1 Å². The number of hydrogen-bond donors (Lipinski definition) is 2. The van der Waals surface area contributed by atoms with Crippen LogP contribution in [0.3, 0.4) is 0 Å². The Morgan fingerprint density at radius 1 is 1.42 bits per heavy atom. The van der Waals surface area contributed by atoms with Crippen LogP contribution in [0.2, 0.25) is 0 Å². The average molecular weight is 261 g/mol. The summed E-state index contributed by atoms with van der Waals surface area (Å²) in [6, 6.07) is 4.83. The molecule has 1 aromatic carbocycles. The van der Waals surface area contributed by atoms with Gasteiger partial charge in [-0.05, 0) is 30.5 Å². The summed E-state index contributed by atoms with van der Waals surface area (Å²) in [4.78, 5) is 4.34. The lowest BCUT2D eigenvalue weighted by molar-refractivity contribution is 0.185. The van der Waals surface area contributed by atoms with E-state index in [2.05, 4.69) is 10.1 Å². The molecule has 2 aromatic rings. The molecule has 0 saturated carbocycles. The van der Waals surface area contributed by atoms with E-state index in [0.717, 1.165) is 26.1 Å². The largest absolute Gasteiger partial charge is 0.506 e. The van der Waals surface area contributed by atoms with Crippen LogP contribution in [0.1, 0.15) is 12.2 Å². The van der Waals surface area contributed by atoms with Gasteiger partial charge in [0.1, 0.15) is 5.75 Å². The van der Waals surface area contributed by atoms with Crippen LogP contribution in [0, 0.1) is 5.92 Å². The van der Waals surface area contributed by atoms with Gasteiger partial charge in [-0.1, -0.05) is 5.16 Å². The molecule has 6 heteroatoms. The summed E-state index contributed by atoms with van der Waals surface area (Å²) in [7, 11) is 0. The van der Waals surface area contributed by atoms with Gasteiger partial charge >= 0.3 is 0 Å². The summed E-state index contributed by atoms with van der Waals surface area (Å²) in [6.07, 6.45) is 1.80. The third kappa shape index (κ3) is 2.53. The maximum absolute atomic E-state index is 9.38. The van der Waals surface area contributed by atoms with Crippen molar-refractivity contribution in [3.05, 3.63) is 24.0 Å². The fraction of sp³-hybridized carbons (Fsp3) is 0.385. The first-order valence-electron chi connectivity index (χ1n) is 6.21. The quantitative estimate of drug-likeness (QED) is 0.643. The predicted octanol–water partition coefficient (Wildman–Crippen LogP) is 1.60. The van der Waals surface area contributed by atoms with E-state index < -0.39 is 0 Å². The molecule has 0 bridgehead atoms. The maximum atomic E-state index is 9.38. The normalized spacial score (nSPS) is 18.8. The molecule has 3 rings (SSSR count). The van der Waals surface area contributed by atoms with Gasteiger partial charge < -0.3 is 20.1 Å². The Labute approximate surface area is 110 Å². The van der Waals surface area contributed by atoms with Crippen LogP contribution in [0.25, 0.3) is 11.5 Å². The van der Waals surface area contributed by atoms with Gasteiger partial charge in [-0.3, -0.25) is 0 Å². The standard InChI is InChI=1S/C13H15N3O3/c14-10-6-9(1-2-11(10)17)13-15-12(16-19-13)5-8-3-4-18-7-8/h1-2,6,8,17H,3-5,7,14H2. The SMILES string of the molecule is Nc1cc(-c2nc(CC3CCOC3)no2)ccc1O. The number of aromatic hydroxyl groups is 1. The number of nitrogens with zero attached hydrogens (tertiary/aromatic N) is 2. The van der Waals surface area contributed by atoms with Crippen LogP contribution in [-0.4, -0.2) is 28.5 Å². The van der Waals surface area contributed by atoms with Gasteiger partial charge in [-0.25, -0.2) is 0 Å². The number of phenols is 1. The molecular formula is C13H15N3O3. The molecule has 1 unspecified atom stereocenters. The summed E-state index contributed by atoms with van der Waals surface area (Å²) in [5, 5.41) is 13.3. The number of aromatic nitrogens is 2. The molecule has 100 valence electrons. The second kappa shape index (κ2) is 4.89. The van der Waals surface area contributed by atoms with E-state index >= 15 is 0 Å². The van der Waals surface area contributed by atoms with Crippen molar-refractivity contribution in [3.63, 3.8) is 0 Å². The van der Waals surface area contributed by atoms with Crippen LogP contribution >= 0.6 is 0 Å². The lowest BCUT2D eigenvalue weighted by atomic mass is 10.1. The van der Waals surface area contributed by atoms with Crippen molar-refractivity contribution in [2.24, 2.45) is 5.92 Å². The van der Waals surface area contributed by atoms with Crippen LogP contribution in [0.15, 0.2) is 22.7 Å². The monoisotopic (exact) mass is 261 g/mol. The molecule has 0 amide bonds. The zero-order valence-electron chi connectivity index (χ0n) is 10.4. The highest BCUT2D eigenvalue weighted by molar-refractivity contribution is 5.64. The minimum absolute atomic E-state index is 0.0478. The van der Waals surface area contributed by atoms with Crippen LogP contribution < -0.4 is 5.73 Å². The number of anilines is 1. The van der Waals surface area contributed by atoms with Crippen molar-refractivity contribution in [1.82, 2.24) is 10.1 Å². The molecule has 19 heavy (non-hydrogen) atoms. The first-order valence-corrected chi connectivity index (χ1v) is 6.21. The highest BCUT2D eigenvalue weighted by Gasteiger charge is 2.19. The topological polar surface area (TPSA) is 94.4 Å². The molecule has 1 aromatic heterocycles. The molecule has 1 saturated heterocycles. The third-order valence-corrected chi connectivity index (χ3v) is 3.24. The van der Waals surface area contributed by atoms with Gasteiger partial charge in [0.2, 0.25) is 0 Å². The number of ether oxygens (including phenoxy) is 1. The van der Waals surface area contributed by atoms with E-state index in [1.165, 1.54) is 6.07 Å². The first kappa shape index (κ1) is 12.0. The Hall–Kier alpha value is -2.08. The molecule has 1 fully saturated rings. The third-order valence-electron chi connectivity index (χ3n) is 3.24. The van der Waals surface area contributed by atoms with Gasteiger partial charge in [0, 0.05) is 25.2 Å². The molecule has 1 atom stereocenters. The van der Waals surface area contributed by atoms with E-state index in [9.17, 15) is 5.11 Å². The minimum atomic E-state index is 0.0478. The van der Waals surface area contributed by atoms with E-state index in [1.807, 2.05) is 0 Å². The average Bonchev–Trinajstić information content (AvgIpc) is 3.05. The fourth-order valence-electron chi connectivity index (χ4n) is 2.14. The lowest BCUT2D eigenvalue weighted by Gasteiger charge is -2.01. The second-order valence-electron chi connectivity index (χ2n) is 4.72. The summed E-state index contributed by atoms with van der Waals surface area (Å²) in [5.41, 5.74) is 6.64. The molecule has 0 radical (unpaired) electrons. The van der Waals surface area contributed by atoms with E-state index in [0.29, 0.717) is 28.9 Å². The predicted molar refractivity (Wildman–Crippen MR) is 68.4 cm³/mol. The van der Waals surface area contributed by atoms with Crippen molar-refractivity contribution < 1.29 is 14.4 Å². The number of benzene rings is 1. The number of hydrogen-bond acceptors (Lipinski definition) is 6.